The minimum absolute atomic E-state index is 0.0571. The van der Waals surface area contributed by atoms with Crippen molar-refractivity contribution in [3.8, 4) is 11.5 Å². The molecule has 4 rings (SSSR count). The van der Waals surface area contributed by atoms with E-state index in [1.807, 2.05) is 0 Å². The van der Waals surface area contributed by atoms with Crippen LogP contribution in [0.2, 0.25) is 5.02 Å². The maximum Gasteiger partial charge on any atom is 0.410 e. The average molecular weight is 518 g/mol. The van der Waals surface area contributed by atoms with Crippen LogP contribution in [0.5, 0.6) is 11.5 Å². The smallest absolute Gasteiger partial charge is 0.410 e. The molecule has 1 aromatic heterocycles. The van der Waals surface area contributed by atoms with Crippen LogP contribution in [0.3, 0.4) is 0 Å². The fourth-order valence-electron chi connectivity index (χ4n) is 4.26. The summed E-state index contributed by atoms with van der Waals surface area (Å²) in [5.74, 6) is 0.160. The van der Waals surface area contributed by atoms with Crippen molar-refractivity contribution in [1.29, 1.82) is 0 Å². The number of amides is 1. The predicted molar refractivity (Wildman–Crippen MR) is 122 cm³/mol. The highest BCUT2D eigenvalue weighted by atomic mass is 35.5. The van der Waals surface area contributed by atoms with Crippen molar-refractivity contribution < 1.29 is 32.2 Å². The minimum Gasteiger partial charge on any atom is -0.493 e. The summed E-state index contributed by atoms with van der Waals surface area (Å²) in [4.78, 5) is 14.9. The van der Waals surface area contributed by atoms with Crippen molar-refractivity contribution in [2.75, 3.05) is 58.9 Å². The molecule has 0 aliphatic carbocycles. The third-order valence-corrected chi connectivity index (χ3v) is 6.50. The topological polar surface area (TPSA) is 89.9 Å². The van der Waals surface area contributed by atoms with Crippen LogP contribution in [0.1, 0.15) is 34.6 Å². The molecule has 13 heteroatoms. The average Bonchev–Trinajstić information content (AvgIpc) is 3.19. The molecule has 1 amide bonds. The zero-order valence-corrected chi connectivity index (χ0v) is 20.1. The van der Waals surface area contributed by atoms with Crippen LogP contribution in [0.4, 0.5) is 19.0 Å². The van der Waals surface area contributed by atoms with Crippen LogP contribution in [0, 0.1) is 0 Å². The third-order valence-electron chi connectivity index (χ3n) is 6.14. The first-order valence-corrected chi connectivity index (χ1v) is 11.5. The Hall–Kier alpha value is -2.70. The number of hydrogen-bond donors (Lipinski definition) is 2. The van der Waals surface area contributed by atoms with Gasteiger partial charge in [-0.25, -0.2) is 4.68 Å². The number of methoxy groups -OCH3 is 2. The SMILES string of the molecule is COc1ccc(C2CC(C(F)(F)F)n3nc(C(=O)NCCN4CCOCC4)c(Cl)c3N2)cc1OC. The summed E-state index contributed by atoms with van der Waals surface area (Å²) in [5, 5.41) is 9.53. The van der Waals surface area contributed by atoms with E-state index >= 15 is 0 Å². The Morgan fingerprint density at radius 3 is 2.63 bits per heavy atom. The number of alkyl halides is 3. The van der Waals surface area contributed by atoms with E-state index in [4.69, 9.17) is 25.8 Å². The number of halogens is 4. The van der Waals surface area contributed by atoms with Crippen LogP contribution in [-0.4, -0.2) is 80.4 Å². The molecule has 1 fully saturated rings. The van der Waals surface area contributed by atoms with Crippen LogP contribution in [0.15, 0.2) is 18.2 Å². The molecule has 0 spiro atoms. The maximum atomic E-state index is 14.0. The summed E-state index contributed by atoms with van der Waals surface area (Å²) >= 11 is 6.39. The Bertz CT molecular complexity index is 1060. The fraction of sp³-hybridized carbons (Fsp3) is 0.545. The second-order valence-corrected chi connectivity index (χ2v) is 8.65. The summed E-state index contributed by atoms with van der Waals surface area (Å²) < 4.78 is 58.6. The number of carbonyl (C=O) groups excluding carboxylic acids is 1. The van der Waals surface area contributed by atoms with Crippen LogP contribution < -0.4 is 20.1 Å². The van der Waals surface area contributed by atoms with E-state index in [-0.39, 0.29) is 23.0 Å². The number of nitrogens with zero attached hydrogens (tertiary/aromatic N) is 3. The molecule has 9 nitrogen and oxygen atoms in total. The van der Waals surface area contributed by atoms with Gasteiger partial charge in [-0.15, -0.1) is 0 Å². The summed E-state index contributed by atoms with van der Waals surface area (Å²) in [6.45, 7) is 3.65. The van der Waals surface area contributed by atoms with E-state index in [9.17, 15) is 18.0 Å². The molecular weight excluding hydrogens is 491 g/mol. The summed E-state index contributed by atoms with van der Waals surface area (Å²) in [7, 11) is 2.92. The highest BCUT2D eigenvalue weighted by Crippen LogP contribution is 2.47. The lowest BCUT2D eigenvalue weighted by molar-refractivity contribution is -0.173. The van der Waals surface area contributed by atoms with E-state index in [1.165, 1.54) is 14.2 Å². The number of carbonyl (C=O) groups is 1. The van der Waals surface area contributed by atoms with Gasteiger partial charge in [0.15, 0.2) is 23.2 Å². The number of aromatic nitrogens is 2. The van der Waals surface area contributed by atoms with Gasteiger partial charge in [0.25, 0.3) is 5.91 Å². The molecule has 2 atom stereocenters. The number of fused-ring (bicyclic) bond motifs is 1. The molecule has 2 unspecified atom stereocenters. The summed E-state index contributed by atoms with van der Waals surface area (Å²) in [6.07, 6.45) is -4.95. The minimum atomic E-state index is -4.61. The molecular formula is C22H27ClF3N5O4. The molecule has 2 aliphatic rings. The lowest BCUT2D eigenvalue weighted by Crippen LogP contribution is -2.41. The standard InChI is InChI=1S/C22H27ClF3N5O4/c1-33-15-4-3-13(11-16(15)34-2)14-12-17(22(24,25)26)31-20(28-14)18(23)19(29-31)21(32)27-5-6-30-7-9-35-10-8-30/h3-4,11,14,17,28H,5-10,12H2,1-2H3,(H,27,32). The zero-order valence-electron chi connectivity index (χ0n) is 19.3. The molecule has 1 aromatic carbocycles. The lowest BCUT2D eigenvalue weighted by Gasteiger charge is -2.33. The third kappa shape index (κ3) is 5.44. The molecule has 2 N–H and O–H groups in total. The first-order valence-electron chi connectivity index (χ1n) is 11.1. The lowest BCUT2D eigenvalue weighted by atomic mass is 9.96. The number of morpholine rings is 1. The number of rotatable bonds is 7. The first-order chi connectivity index (χ1) is 16.7. The Morgan fingerprint density at radius 2 is 1.97 bits per heavy atom. The predicted octanol–water partition coefficient (Wildman–Crippen LogP) is 3.28. The molecule has 1 saturated heterocycles. The molecule has 3 heterocycles. The van der Waals surface area contributed by atoms with Crippen molar-refractivity contribution in [2.24, 2.45) is 0 Å². The van der Waals surface area contributed by atoms with Crippen molar-refractivity contribution >= 4 is 23.3 Å². The van der Waals surface area contributed by atoms with Gasteiger partial charge in [-0.3, -0.25) is 9.69 Å². The molecule has 35 heavy (non-hydrogen) atoms. The van der Waals surface area contributed by atoms with E-state index < -0.39 is 24.2 Å². The summed E-state index contributed by atoms with van der Waals surface area (Å²) in [6, 6.07) is 2.18. The van der Waals surface area contributed by atoms with Gasteiger partial charge in [0.05, 0.1) is 33.5 Å². The molecule has 2 aromatic rings. The molecule has 0 saturated carbocycles. The van der Waals surface area contributed by atoms with Crippen molar-refractivity contribution in [1.82, 2.24) is 20.0 Å². The fourth-order valence-corrected chi connectivity index (χ4v) is 4.52. The normalized spacial score (nSPS) is 20.6. The molecule has 2 aliphatic heterocycles. The number of benzene rings is 1. The van der Waals surface area contributed by atoms with E-state index in [0.717, 1.165) is 17.8 Å². The quantitative estimate of drug-likeness (QED) is 0.582. The number of nitrogens with one attached hydrogen (secondary N) is 2. The number of hydrogen-bond acceptors (Lipinski definition) is 7. The van der Waals surface area contributed by atoms with Crippen molar-refractivity contribution in [3.05, 3.63) is 34.5 Å². The van der Waals surface area contributed by atoms with Gasteiger partial charge >= 0.3 is 6.18 Å². The van der Waals surface area contributed by atoms with Crippen LogP contribution in [-0.2, 0) is 4.74 Å². The van der Waals surface area contributed by atoms with Gasteiger partial charge in [0, 0.05) is 32.6 Å². The maximum absolute atomic E-state index is 14.0. The van der Waals surface area contributed by atoms with Crippen LogP contribution in [0.25, 0.3) is 0 Å². The second-order valence-electron chi connectivity index (χ2n) is 8.27. The number of anilines is 1. The molecule has 192 valence electrons. The van der Waals surface area contributed by atoms with Gasteiger partial charge in [-0.2, -0.15) is 18.3 Å². The van der Waals surface area contributed by atoms with E-state index in [2.05, 4.69) is 20.6 Å². The second kappa shape index (κ2) is 10.5. The summed E-state index contributed by atoms with van der Waals surface area (Å²) in [5.41, 5.74) is 0.301. The van der Waals surface area contributed by atoms with Crippen molar-refractivity contribution in [2.45, 2.75) is 24.7 Å². The van der Waals surface area contributed by atoms with Gasteiger partial charge in [0.1, 0.15) is 10.8 Å². The largest absolute Gasteiger partial charge is 0.493 e. The molecule has 0 bridgehead atoms. The monoisotopic (exact) mass is 517 g/mol. The highest BCUT2D eigenvalue weighted by Gasteiger charge is 2.48. The van der Waals surface area contributed by atoms with E-state index in [0.29, 0.717) is 43.4 Å². The Morgan fingerprint density at radius 1 is 1.26 bits per heavy atom. The van der Waals surface area contributed by atoms with Crippen LogP contribution >= 0.6 is 11.6 Å². The van der Waals surface area contributed by atoms with E-state index in [1.54, 1.807) is 18.2 Å². The van der Waals surface area contributed by atoms with Gasteiger partial charge in [0.2, 0.25) is 0 Å². The van der Waals surface area contributed by atoms with Gasteiger partial charge in [-0.05, 0) is 17.7 Å². The highest BCUT2D eigenvalue weighted by molar-refractivity contribution is 6.36. The Balaban J connectivity index is 1.56. The first kappa shape index (κ1) is 25.4. The number of ether oxygens (including phenoxy) is 3. The molecule has 0 radical (unpaired) electrons. The Kier molecular flexibility index (Phi) is 7.62. The van der Waals surface area contributed by atoms with Crippen molar-refractivity contribution in [3.63, 3.8) is 0 Å². The zero-order chi connectivity index (χ0) is 25.2. The van der Waals surface area contributed by atoms with Gasteiger partial charge in [-0.1, -0.05) is 17.7 Å². The Labute approximate surface area is 205 Å². The van der Waals surface area contributed by atoms with Gasteiger partial charge < -0.3 is 24.8 Å².